The molecule has 136 valence electrons. The second-order valence-electron chi connectivity index (χ2n) is 4.94. The zero-order valence-electron chi connectivity index (χ0n) is 12.7. The highest BCUT2D eigenvalue weighted by atomic mass is 16.7. The van der Waals surface area contributed by atoms with E-state index in [0.29, 0.717) is 0 Å². The Morgan fingerprint density at radius 1 is 1.46 bits per heavy atom. The smallest absolute Gasteiger partial charge is 0.370 e. The van der Waals surface area contributed by atoms with E-state index in [1.807, 2.05) is 0 Å². The molecule has 1 rings (SSSR count). The predicted molar refractivity (Wildman–Crippen MR) is 78.0 cm³/mol. The number of ether oxygens (including phenoxy) is 1. The number of aliphatic hydroxyl groups excluding tert-OH is 3. The lowest BCUT2D eigenvalue weighted by Gasteiger charge is -2.37. The Kier molecular flexibility index (Phi) is 6.91. The largest absolute Gasteiger partial charge is 0.479 e. The van der Waals surface area contributed by atoms with Crippen LogP contribution >= 0.6 is 0 Å². The zero-order valence-corrected chi connectivity index (χ0v) is 12.7. The number of hydrogen-bond donors (Lipinski definition) is 7. The van der Waals surface area contributed by atoms with E-state index in [0.717, 1.165) is 13.0 Å². The molecule has 1 heterocycles. The Labute approximate surface area is 136 Å². The Hall–Kier alpha value is -2.41. The summed E-state index contributed by atoms with van der Waals surface area (Å²) in [6.07, 6.45) is -3.79. The highest BCUT2D eigenvalue weighted by molar-refractivity contribution is 5.85. The molecular weight excluding hydrogens is 328 g/mol. The van der Waals surface area contributed by atoms with Gasteiger partial charge in [-0.15, -0.1) is 5.48 Å². The summed E-state index contributed by atoms with van der Waals surface area (Å²) in [4.78, 5) is 30.6. The number of carboxylic acid groups (broad SMARTS) is 1. The number of carboxylic acids is 1. The normalized spacial score (nSPS) is 25.7. The van der Waals surface area contributed by atoms with Crippen LogP contribution in [0.4, 0.5) is 0 Å². The molecule has 0 aromatic carbocycles. The summed E-state index contributed by atoms with van der Waals surface area (Å²) in [7, 11) is 0. The van der Waals surface area contributed by atoms with Crippen LogP contribution in [-0.2, 0) is 19.2 Å². The summed E-state index contributed by atoms with van der Waals surface area (Å²) in [5.74, 6) is -3.18. The van der Waals surface area contributed by atoms with Crippen LogP contribution in [0.1, 0.15) is 6.92 Å². The predicted octanol–water partition coefficient (Wildman–Crippen LogP) is -3.85. The molecule has 0 bridgehead atoms. The van der Waals surface area contributed by atoms with Crippen molar-refractivity contribution in [3.8, 4) is 0 Å². The molecule has 0 spiro atoms. The second-order valence-corrected chi connectivity index (χ2v) is 4.94. The minimum atomic E-state index is -1.73. The van der Waals surface area contributed by atoms with Gasteiger partial charge in [0.25, 0.3) is 0 Å². The molecule has 5 unspecified atom stereocenters. The second kappa shape index (κ2) is 8.44. The van der Waals surface area contributed by atoms with Crippen LogP contribution in [0.3, 0.4) is 0 Å². The van der Waals surface area contributed by atoms with E-state index >= 15 is 0 Å². The Morgan fingerprint density at radius 3 is 2.54 bits per heavy atom. The Morgan fingerprint density at radius 2 is 2.08 bits per heavy atom. The first-order chi connectivity index (χ1) is 11.2. The van der Waals surface area contributed by atoms with Crippen molar-refractivity contribution in [3.63, 3.8) is 0 Å². The van der Waals surface area contributed by atoms with E-state index < -0.39 is 60.7 Å². The minimum absolute atomic E-state index is 0.395. The van der Waals surface area contributed by atoms with Crippen molar-refractivity contribution >= 4 is 17.9 Å². The van der Waals surface area contributed by atoms with Gasteiger partial charge in [0.2, 0.25) is 5.76 Å². The van der Waals surface area contributed by atoms with Gasteiger partial charge in [0.05, 0.1) is 12.6 Å². The maximum atomic E-state index is 11.2. The number of hydrogen-bond acceptors (Lipinski definition) is 9. The maximum absolute atomic E-state index is 11.2. The van der Waals surface area contributed by atoms with Crippen LogP contribution in [0.15, 0.2) is 16.8 Å². The van der Waals surface area contributed by atoms with E-state index in [1.54, 1.807) is 0 Å². The molecular formula is C12H20N4O8. The first-order valence-corrected chi connectivity index (χ1v) is 6.77. The number of aliphatic hydroxyl groups is 3. The SMILES string of the molecule is CC(=O)ONC1C(N=C(N)N)C=C(C(=O)O)OC1C(O)C(O)CO. The maximum Gasteiger partial charge on any atom is 0.370 e. The van der Waals surface area contributed by atoms with Crippen molar-refractivity contribution < 1.29 is 39.6 Å². The molecule has 24 heavy (non-hydrogen) atoms. The fourth-order valence-corrected chi connectivity index (χ4v) is 2.02. The van der Waals surface area contributed by atoms with Crippen molar-refractivity contribution in [2.24, 2.45) is 16.5 Å². The number of aliphatic imine (C=N–C) groups is 1. The molecule has 1 aliphatic heterocycles. The van der Waals surface area contributed by atoms with Gasteiger partial charge in [0.15, 0.2) is 5.96 Å². The number of nitrogens with two attached hydrogens (primary N) is 2. The van der Waals surface area contributed by atoms with Crippen LogP contribution in [-0.4, -0.2) is 75.3 Å². The topological polar surface area (TPSA) is 210 Å². The first-order valence-electron chi connectivity index (χ1n) is 6.77. The number of carbonyl (C=O) groups is 2. The first kappa shape index (κ1) is 19.6. The van der Waals surface area contributed by atoms with Gasteiger partial charge >= 0.3 is 11.9 Å². The average Bonchev–Trinajstić information content (AvgIpc) is 2.50. The minimum Gasteiger partial charge on any atom is -0.479 e. The van der Waals surface area contributed by atoms with Crippen molar-refractivity contribution in [1.29, 1.82) is 0 Å². The lowest BCUT2D eigenvalue weighted by Crippen LogP contribution is -2.59. The van der Waals surface area contributed by atoms with Crippen LogP contribution in [0.25, 0.3) is 0 Å². The van der Waals surface area contributed by atoms with E-state index in [9.17, 15) is 19.8 Å². The summed E-state index contributed by atoms with van der Waals surface area (Å²) in [6.45, 7) is 0.277. The fourth-order valence-electron chi connectivity index (χ4n) is 2.02. The average molecular weight is 348 g/mol. The van der Waals surface area contributed by atoms with Gasteiger partial charge in [-0.1, -0.05) is 0 Å². The third-order valence-corrected chi connectivity index (χ3v) is 3.07. The van der Waals surface area contributed by atoms with E-state index in [-0.39, 0.29) is 0 Å². The summed E-state index contributed by atoms with van der Waals surface area (Å²) >= 11 is 0. The number of hydroxylamine groups is 1. The van der Waals surface area contributed by atoms with Gasteiger partial charge in [0, 0.05) is 6.92 Å². The number of carbonyl (C=O) groups excluding carboxylic acids is 1. The molecule has 5 atom stereocenters. The molecule has 0 aromatic heterocycles. The molecule has 0 saturated heterocycles. The molecule has 9 N–H and O–H groups in total. The molecule has 1 aliphatic rings. The van der Waals surface area contributed by atoms with Crippen molar-refractivity contribution in [1.82, 2.24) is 5.48 Å². The molecule has 12 heteroatoms. The van der Waals surface area contributed by atoms with Gasteiger partial charge < -0.3 is 41.5 Å². The van der Waals surface area contributed by atoms with Crippen LogP contribution in [0, 0.1) is 0 Å². The summed E-state index contributed by atoms with van der Waals surface area (Å²) in [6, 6.07) is -2.24. The van der Waals surface area contributed by atoms with Crippen molar-refractivity contribution in [2.75, 3.05) is 6.61 Å². The molecule has 12 nitrogen and oxygen atoms in total. The van der Waals surface area contributed by atoms with Gasteiger partial charge in [-0.3, -0.25) is 4.79 Å². The number of guanidine groups is 1. The van der Waals surface area contributed by atoms with E-state index in [1.165, 1.54) is 0 Å². The number of nitrogens with one attached hydrogen (secondary N) is 1. The van der Waals surface area contributed by atoms with Gasteiger partial charge in [-0.2, -0.15) is 0 Å². The quantitative estimate of drug-likeness (QED) is 0.134. The fraction of sp³-hybridized carbons (Fsp3) is 0.583. The van der Waals surface area contributed by atoms with E-state index in [2.05, 4.69) is 15.3 Å². The van der Waals surface area contributed by atoms with Gasteiger partial charge in [-0.25, -0.2) is 9.79 Å². The Bertz CT molecular complexity index is 533. The lowest BCUT2D eigenvalue weighted by atomic mass is 9.93. The third kappa shape index (κ3) is 5.06. The molecule has 0 aromatic rings. The van der Waals surface area contributed by atoms with Crippen LogP contribution < -0.4 is 16.9 Å². The number of aliphatic carboxylic acids is 1. The Balaban J connectivity index is 3.24. The molecule has 0 aliphatic carbocycles. The third-order valence-electron chi connectivity index (χ3n) is 3.07. The van der Waals surface area contributed by atoms with E-state index in [4.69, 9.17) is 26.4 Å². The van der Waals surface area contributed by atoms with Gasteiger partial charge in [0.1, 0.15) is 24.4 Å². The molecule has 0 fully saturated rings. The molecule has 0 saturated carbocycles. The standard InChI is InChI=1S/C12H20N4O8/c1-4(18)24-16-8-5(15-12(13)14)2-7(11(21)22)23-10(8)9(20)6(19)3-17/h2,5-6,8-10,16-17,19-20H,3H2,1H3,(H,21,22)(H4,13,14,15). The molecule has 0 radical (unpaired) electrons. The number of nitrogens with zero attached hydrogens (tertiary/aromatic N) is 1. The number of rotatable bonds is 7. The highest BCUT2D eigenvalue weighted by Gasteiger charge is 2.44. The summed E-state index contributed by atoms with van der Waals surface area (Å²) in [5.41, 5.74) is 12.8. The van der Waals surface area contributed by atoms with Crippen LogP contribution in [0.2, 0.25) is 0 Å². The lowest BCUT2D eigenvalue weighted by molar-refractivity contribution is -0.163. The summed E-state index contributed by atoms with van der Waals surface area (Å²) < 4.78 is 5.13. The highest BCUT2D eigenvalue weighted by Crippen LogP contribution is 2.24. The van der Waals surface area contributed by atoms with Crippen LogP contribution in [0.5, 0.6) is 0 Å². The molecule has 0 amide bonds. The van der Waals surface area contributed by atoms with Crippen molar-refractivity contribution in [3.05, 3.63) is 11.8 Å². The monoisotopic (exact) mass is 348 g/mol. The van der Waals surface area contributed by atoms with Crippen molar-refractivity contribution in [2.45, 2.75) is 37.3 Å². The summed E-state index contributed by atoms with van der Waals surface area (Å²) in [5, 5.41) is 37.7. The van der Waals surface area contributed by atoms with Gasteiger partial charge in [-0.05, 0) is 6.08 Å². The zero-order chi connectivity index (χ0) is 18.4.